The van der Waals surface area contributed by atoms with Crippen molar-refractivity contribution in [3.05, 3.63) is 42.5 Å². The van der Waals surface area contributed by atoms with Crippen LogP contribution in [0.5, 0.6) is 0 Å². The third-order valence-electron chi connectivity index (χ3n) is 15.1. The highest BCUT2D eigenvalue weighted by molar-refractivity contribution is 6.01. The summed E-state index contributed by atoms with van der Waals surface area (Å²) >= 11 is 0. The van der Waals surface area contributed by atoms with E-state index in [2.05, 4.69) is 29.8 Å². The zero-order chi connectivity index (χ0) is 52.6. The maximum atomic E-state index is 13.3. The number of hydrogen-bond donors (Lipinski definition) is 8. The molecule has 8 N–H and O–H groups in total. The Balaban J connectivity index is 1.37. The minimum Gasteiger partial charge on any atom is -0.390 e. The molecular formula is C61H107N3O9. The number of amides is 3. The fraction of sp³-hybridized carbons (Fsp3) is 0.803. The number of urea groups is 1. The number of carbonyl (C=O) groups excluding carboxylic acids is 2. The SMILES string of the molecule is CCCCCCCCCCCCCCCCCCCCCCCCCC(=O)NC(CO[C@H]1O[C@H](CNC(=O)Nc2cccc3ccccc23)[C@H](O)[C@H](O)[C@H]1O)[C@H](O)[C@H](O)CCCCCCCCCCCCCC. The molecule has 420 valence electrons. The zero-order valence-corrected chi connectivity index (χ0v) is 46.1. The molecule has 1 aliphatic heterocycles. The molecule has 73 heavy (non-hydrogen) atoms. The fourth-order valence-corrected chi connectivity index (χ4v) is 10.3. The summed E-state index contributed by atoms with van der Waals surface area (Å²) in [5, 5.41) is 65.3. The van der Waals surface area contributed by atoms with Crippen LogP contribution < -0.4 is 16.0 Å². The minimum atomic E-state index is -1.67. The Morgan fingerprint density at radius 1 is 0.548 bits per heavy atom. The van der Waals surface area contributed by atoms with Crippen LogP contribution in [0.4, 0.5) is 10.5 Å². The Kier molecular flexibility index (Phi) is 37.3. The maximum absolute atomic E-state index is 13.3. The van der Waals surface area contributed by atoms with Crippen molar-refractivity contribution in [3.63, 3.8) is 0 Å². The molecule has 1 heterocycles. The van der Waals surface area contributed by atoms with Crippen molar-refractivity contribution in [2.24, 2.45) is 0 Å². The molecule has 0 aromatic heterocycles. The van der Waals surface area contributed by atoms with Gasteiger partial charge < -0.3 is 51.0 Å². The van der Waals surface area contributed by atoms with E-state index < -0.39 is 55.0 Å². The first-order chi connectivity index (χ1) is 35.7. The summed E-state index contributed by atoms with van der Waals surface area (Å²) in [5.41, 5.74) is 0.594. The number of aliphatic hydroxyl groups excluding tert-OH is 5. The number of unbranched alkanes of at least 4 members (excludes halogenated alkanes) is 33. The normalized spacial score (nSPS) is 19.2. The Morgan fingerprint density at radius 3 is 1.48 bits per heavy atom. The molecule has 2 aromatic carbocycles. The summed E-state index contributed by atoms with van der Waals surface area (Å²) in [4.78, 5) is 26.3. The van der Waals surface area contributed by atoms with Gasteiger partial charge in [0, 0.05) is 18.4 Å². The van der Waals surface area contributed by atoms with Gasteiger partial charge in [-0.3, -0.25) is 4.79 Å². The molecular weight excluding hydrogens is 919 g/mol. The lowest BCUT2D eigenvalue weighted by Crippen LogP contribution is -2.61. The lowest BCUT2D eigenvalue weighted by atomic mass is 9.98. The summed E-state index contributed by atoms with van der Waals surface area (Å²) in [5.74, 6) is -0.270. The quantitative estimate of drug-likeness (QED) is 0.0298. The van der Waals surface area contributed by atoms with Gasteiger partial charge in [-0.25, -0.2) is 4.79 Å². The molecule has 0 saturated carbocycles. The summed E-state index contributed by atoms with van der Waals surface area (Å²) in [7, 11) is 0. The van der Waals surface area contributed by atoms with E-state index in [0.29, 0.717) is 18.5 Å². The number of carbonyl (C=O) groups is 2. The molecule has 1 fully saturated rings. The number of hydrogen-bond acceptors (Lipinski definition) is 9. The summed E-state index contributed by atoms with van der Waals surface area (Å²) in [6.07, 6.45) is 34.7. The lowest BCUT2D eigenvalue weighted by Gasteiger charge is -2.41. The second-order valence-corrected chi connectivity index (χ2v) is 21.6. The number of fused-ring (bicyclic) bond motifs is 1. The highest BCUT2D eigenvalue weighted by Gasteiger charge is 2.45. The maximum Gasteiger partial charge on any atom is 0.319 e. The first-order valence-corrected chi connectivity index (χ1v) is 30.2. The third-order valence-corrected chi connectivity index (χ3v) is 15.1. The molecule has 8 atom stereocenters. The van der Waals surface area contributed by atoms with Crippen molar-refractivity contribution < 1.29 is 44.6 Å². The van der Waals surface area contributed by atoms with Crippen molar-refractivity contribution >= 4 is 28.4 Å². The molecule has 1 aliphatic rings. The molecule has 1 saturated heterocycles. The van der Waals surface area contributed by atoms with E-state index >= 15 is 0 Å². The van der Waals surface area contributed by atoms with Gasteiger partial charge >= 0.3 is 6.03 Å². The van der Waals surface area contributed by atoms with Crippen molar-refractivity contribution in [3.8, 4) is 0 Å². The van der Waals surface area contributed by atoms with E-state index in [1.807, 2.05) is 36.4 Å². The largest absolute Gasteiger partial charge is 0.390 e. The van der Waals surface area contributed by atoms with Crippen LogP contribution in [0.3, 0.4) is 0 Å². The van der Waals surface area contributed by atoms with Gasteiger partial charge in [0.15, 0.2) is 6.29 Å². The molecule has 0 spiro atoms. The zero-order valence-electron chi connectivity index (χ0n) is 46.1. The number of anilines is 1. The van der Waals surface area contributed by atoms with E-state index in [1.165, 1.54) is 173 Å². The summed E-state index contributed by atoms with van der Waals surface area (Å²) in [6.45, 7) is 3.96. The second kappa shape index (κ2) is 42.3. The number of ether oxygens (including phenoxy) is 2. The van der Waals surface area contributed by atoms with E-state index in [-0.39, 0.29) is 25.5 Å². The third kappa shape index (κ3) is 29.3. The lowest BCUT2D eigenvalue weighted by molar-refractivity contribution is -0.297. The van der Waals surface area contributed by atoms with Crippen LogP contribution in [0.15, 0.2) is 42.5 Å². The summed E-state index contributed by atoms with van der Waals surface area (Å²) in [6, 6.07) is 11.6. The van der Waals surface area contributed by atoms with Crippen molar-refractivity contribution in [2.45, 2.75) is 300 Å². The van der Waals surface area contributed by atoms with Crippen molar-refractivity contribution in [2.75, 3.05) is 18.5 Å². The van der Waals surface area contributed by atoms with Gasteiger partial charge in [0.2, 0.25) is 5.91 Å². The van der Waals surface area contributed by atoms with Crippen molar-refractivity contribution in [1.29, 1.82) is 0 Å². The monoisotopic (exact) mass is 1030 g/mol. The van der Waals surface area contributed by atoms with E-state index in [4.69, 9.17) is 9.47 Å². The minimum absolute atomic E-state index is 0.221. The Hall–Kier alpha value is -2.84. The van der Waals surface area contributed by atoms with Crippen LogP contribution in [-0.2, 0) is 14.3 Å². The van der Waals surface area contributed by atoms with Gasteiger partial charge in [0.1, 0.15) is 30.5 Å². The topological polar surface area (TPSA) is 190 Å². The molecule has 0 radical (unpaired) electrons. The Labute approximate surface area is 443 Å². The standard InChI is InChI=1S/C61H107N3O9/c1-3-5-7-9-11-13-15-17-18-19-20-21-22-23-24-25-26-27-29-31-33-35-37-46-55(66)63-52(56(67)53(65)45-36-34-32-30-28-16-14-12-10-8-6-4-2)48-72-60-59(70)58(69)57(68)54(73-60)47-62-61(71)64-51-44-40-42-49-41-38-39-43-50(49)51/h38-44,52-54,56-60,65,67-70H,3-37,45-48H2,1-2H3,(H,63,66)(H2,62,64,71)/t52?,53-,54-,56+,57+,58+,59-,60+/m1/s1. The number of benzene rings is 2. The van der Waals surface area contributed by atoms with Gasteiger partial charge in [-0.2, -0.15) is 0 Å². The number of nitrogens with one attached hydrogen (secondary N) is 3. The smallest absolute Gasteiger partial charge is 0.319 e. The van der Waals surface area contributed by atoms with Crippen molar-refractivity contribution in [1.82, 2.24) is 10.6 Å². The summed E-state index contributed by atoms with van der Waals surface area (Å²) < 4.78 is 11.8. The first-order valence-electron chi connectivity index (χ1n) is 30.2. The molecule has 0 bridgehead atoms. The van der Waals surface area contributed by atoms with Crippen LogP contribution in [0.1, 0.15) is 251 Å². The fourth-order valence-electron chi connectivity index (χ4n) is 10.3. The van der Waals surface area contributed by atoms with Crippen LogP contribution in [0.2, 0.25) is 0 Å². The van der Waals surface area contributed by atoms with E-state index in [1.54, 1.807) is 6.07 Å². The first kappa shape index (κ1) is 64.4. The molecule has 12 heteroatoms. The molecule has 3 rings (SSSR count). The average molecular weight is 1030 g/mol. The van der Waals surface area contributed by atoms with Gasteiger partial charge in [-0.15, -0.1) is 0 Å². The van der Waals surface area contributed by atoms with Gasteiger partial charge in [-0.1, -0.05) is 269 Å². The number of aliphatic hydroxyl groups is 5. The molecule has 2 aromatic rings. The second-order valence-electron chi connectivity index (χ2n) is 21.6. The highest BCUT2D eigenvalue weighted by Crippen LogP contribution is 2.25. The predicted molar refractivity (Wildman–Crippen MR) is 300 cm³/mol. The van der Waals surface area contributed by atoms with Crippen LogP contribution in [0, 0.1) is 0 Å². The molecule has 0 aliphatic carbocycles. The van der Waals surface area contributed by atoms with E-state index in [0.717, 1.165) is 55.7 Å². The molecule has 1 unspecified atom stereocenters. The van der Waals surface area contributed by atoms with E-state index in [9.17, 15) is 35.1 Å². The van der Waals surface area contributed by atoms with Gasteiger partial charge in [0.05, 0.1) is 24.4 Å². The average Bonchev–Trinajstić information content (AvgIpc) is 3.39. The van der Waals surface area contributed by atoms with Crippen LogP contribution in [-0.4, -0.2) is 99.6 Å². The van der Waals surface area contributed by atoms with Gasteiger partial charge in [-0.05, 0) is 24.3 Å². The Morgan fingerprint density at radius 2 is 0.986 bits per heavy atom. The molecule has 12 nitrogen and oxygen atoms in total. The van der Waals surface area contributed by atoms with Crippen LogP contribution >= 0.6 is 0 Å². The number of rotatable bonds is 46. The Bertz CT molecular complexity index is 1650. The van der Waals surface area contributed by atoms with Gasteiger partial charge in [0.25, 0.3) is 0 Å². The predicted octanol–water partition coefficient (Wildman–Crippen LogP) is 13.5. The highest BCUT2D eigenvalue weighted by atomic mass is 16.7. The molecule has 3 amide bonds. The van der Waals surface area contributed by atoms with Crippen LogP contribution in [0.25, 0.3) is 10.8 Å².